The lowest BCUT2D eigenvalue weighted by molar-refractivity contribution is 0.0691. The van der Waals surface area contributed by atoms with E-state index in [1.54, 1.807) is 6.92 Å². The number of nitrogens with zero attached hydrogens (tertiary/aromatic N) is 1. The van der Waals surface area contributed by atoms with Gasteiger partial charge in [-0.1, -0.05) is 6.92 Å². The molecule has 1 saturated heterocycles. The average Bonchev–Trinajstić information content (AvgIpc) is 2.83. The van der Waals surface area contributed by atoms with Crippen molar-refractivity contribution in [3.8, 4) is 0 Å². The number of Topliss-reactive ketones (excluding diaryl/α,β-unsaturated/α-hetero) is 1. The average molecular weight is 328 g/mol. The van der Waals surface area contributed by atoms with Crippen molar-refractivity contribution in [2.45, 2.75) is 46.1 Å². The van der Waals surface area contributed by atoms with Gasteiger partial charge in [0.2, 0.25) is 0 Å². The molecule has 1 atom stereocenters. The van der Waals surface area contributed by atoms with E-state index >= 15 is 0 Å². The number of carbonyl (C=O) groups is 2. The summed E-state index contributed by atoms with van der Waals surface area (Å²) in [5.41, 5.74) is 2.93. The number of rotatable bonds is 4. The maximum absolute atomic E-state index is 12.8. The van der Waals surface area contributed by atoms with Crippen molar-refractivity contribution in [2.24, 2.45) is 0 Å². The first-order chi connectivity index (χ1) is 9.99. The third-order valence-electron chi connectivity index (χ3n) is 4.33. The number of carbonyl (C=O) groups excluding carboxylic acids is 2. The Labute approximate surface area is 138 Å². The quantitative estimate of drug-likeness (QED) is 0.834. The van der Waals surface area contributed by atoms with Crippen molar-refractivity contribution in [1.82, 2.24) is 15.2 Å². The zero-order valence-electron chi connectivity index (χ0n) is 13.8. The zero-order chi connectivity index (χ0) is 15.6. The van der Waals surface area contributed by atoms with E-state index in [2.05, 4.69) is 10.3 Å². The summed E-state index contributed by atoms with van der Waals surface area (Å²) < 4.78 is 0. The van der Waals surface area contributed by atoms with E-state index < -0.39 is 0 Å². The fraction of sp³-hybridized carbons (Fsp3) is 0.625. The Hall–Kier alpha value is -1.33. The van der Waals surface area contributed by atoms with Gasteiger partial charge < -0.3 is 15.2 Å². The number of amides is 1. The van der Waals surface area contributed by atoms with Crippen LogP contribution in [0.2, 0.25) is 0 Å². The second-order valence-corrected chi connectivity index (χ2v) is 5.77. The number of likely N-dealkylation sites (N-methyl/N-ethyl adjacent to an activating group) is 1. The largest absolute Gasteiger partial charge is 0.354 e. The lowest BCUT2D eigenvalue weighted by Gasteiger charge is -2.32. The molecule has 22 heavy (non-hydrogen) atoms. The first kappa shape index (κ1) is 18.7. The fourth-order valence-corrected chi connectivity index (χ4v) is 3.24. The van der Waals surface area contributed by atoms with E-state index in [1.165, 1.54) is 0 Å². The predicted molar refractivity (Wildman–Crippen MR) is 90.1 cm³/mol. The Balaban J connectivity index is 0.00000242. The van der Waals surface area contributed by atoms with E-state index in [-0.39, 0.29) is 24.1 Å². The van der Waals surface area contributed by atoms with Crippen molar-refractivity contribution in [3.63, 3.8) is 0 Å². The van der Waals surface area contributed by atoms with Crippen LogP contribution in [0.5, 0.6) is 0 Å². The molecule has 1 fully saturated rings. The van der Waals surface area contributed by atoms with Crippen LogP contribution in [0, 0.1) is 6.92 Å². The minimum atomic E-state index is 0. The highest BCUT2D eigenvalue weighted by atomic mass is 35.5. The Morgan fingerprint density at radius 3 is 2.64 bits per heavy atom. The molecule has 2 rings (SSSR count). The lowest BCUT2D eigenvalue weighted by atomic mass is 10.0. The van der Waals surface area contributed by atoms with Crippen LogP contribution < -0.4 is 5.32 Å². The van der Waals surface area contributed by atoms with Crippen molar-refractivity contribution in [2.75, 3.05) is 20.1 Å². The predicted octanol–water partition coefficient (Wildman–Crippen LogP) is 2.33. The van der Waals surface area contributed by atoms with Gasteiger partial charge in [-0.05, 0) is 45.7 Å². The van der Waals surface area contributed by atoms with Crippen LogP contribution in [-0.4, -0.2) is 47.8 Å². The molecular formula is C16H26ClN3O2. The normalized spacial score (nSPS) is 18.0. The van der Waals surface area contributed by atoms with Gasteiger partial charge in [-0.25, -0.2) is 0 Å². The van der Waals surface area contributed by atoms with Crippen LogP contribution in [0.1, 0.15) is 58.8 Å². The summed E-state index contributed by atoms with van der Waals surface area (Å²) in [6.45, 7) is 6.92. The smallest absolute Gasteiger partial charge is 0.270 e. The van der Waals surface area contributed by atoms with Crippen molar-refractivity contribution >= 4 is 24.1 Å². The number of aromatic nitrogens is 1. The summed E-state index contributed by atoms with van der Waals surface area (Å²) in [5, 5.41) is 3.25. The molecule has 0 spiro atoms. The number of ketones is 1. The van der Waals surface area contributed by atoms with Gasteiger partial charge >= 0.3 is 0 Å². The first-order valence-electron chi connectivity index (χ1n) is 7.68. The summed E-state index contributed by atoms with van der Waals surface area (Å²) in [6.07, 6.45) is 2.80. The van der Waals surface area contributed by atoms with Crippen LogP contribution in [0.3, 0.4) is 0 Å². The van der Waals surface area contributed by atoms with Crippen molar-refractivity contribution < 1.29 is 9.59 Å². The second kappa shape index (κ2) is 7.79. The molecule has 1 aromatic heterocycles. The van der Waals surface area contributed by atoms with Crippen LogP contribution >= 0.6 is 12.4 Å². The van der Waals surface area contributed by atoms with E-state index in [1.807, 2.05) is 25.8 Å². The van der Waals surface area contributed by atoms with Crippen LogP contribution in [-0.2, 0) is 6.42 Å². The number of likely N-dealkylation sites (tertiary alicyclic amines) is 1. The van der Waals surface area contributed by atoms with E-state index in [0.717, 1.165) is 37.2 Å². The number of nitrogens with one attached hydrogen (secondary N) is 2. The molecule has 5 nitrogen and oxygen atoms in total. The van der Waals surface area contributed by atoms with Crippen LogP contribution in [0.4, 0.5) is 0 Å². The van der Waals surface area contributed by atoms with Crippen molar-refractivity contribution in [1.29, 1.82) is 0 Å². The van der Waals surface area contributed by atoms with Gasteiger partial charge in [0.05, 0.1) is 0 Å². The van der Waals surface area contributed by atoms with E-state index in [0.29, 0.717) is 23.7 Å². The summed E-state index contributed by atoms with van der Waals surface area (Å²) in [6, 6.07) is 0.358. The van der Waals surface area contributed by atoms with E-state index in [9.17, 15) is 9.59 Å². The summed E-state index contributed by atoms with van der Waals surface area (Å²) in [5.74, 6) is 0.0359. The third-order valence-corrected chi connectivity index (χ3v) is 4.33. The Morgan fingerprint density at radius 2 is 2.09 bits per heavy atom. The SMILES string of the molecule is CCc1c(C(=O)N2CCCC(NC)C2)[nH]c(C)c1C(C)=O.Cl. The van der Waals surface area contributed by atoms with Crippen LogP contribution in [0.15, 0.2) is 0 Å². The van der Waals surface area contributed by atoms with Gasteiger partial charge in [-0.15, -0.1) is 12.4 Å². The number of aryl methyl sites for hydroxylation is 1. The van der Waals surface area contributed by atoms with Gasteiger partial charge in [-0.3, -0.25) is 9.59 Å². The summed E-state index contributed by atoms with van der Waals surface area (Å²) >= 11 is 0. The van der Waals surface area contributed by atoms with Gasteiger partial charge in [-0.2, -0.15) is 0 Å². The summed E-state index contributed by atoms with van der Waals surface area (Å²) in [7, 11) is 1.93. The molecule has 0 saturated carbocycles. The van der Waals surface area contributed by atoms with Gasteiger partial charge in [0.15, 0.2) is 5.78 Å². The highest BCUT2D eigenvalue weighted by Gasteiger charge is 2.28. The number of hydrogen-bond acceptors (Lipinski definition) is 3. The zero-order valence-corrected chi connectivity index (χ0v) is 14.6. The second-order valence-electron chi connectivity index (χ2n) is 5.77. The molecule has 0 aromatic carbocycles. The topological polar surface area (TPSA) is 65.2 Å². The molecule has 1 amide bonds. The molecule has 2 N–H and O–H groups in total. The minimum Gasteiger partial charge on any atom is -0.354 e. The van der Waals surface area contributed by atoms with Gasteiger partial charge in [0.1, 0.15) is 5.69 Å². The van der Waals surface area contributed by atoms with E-state index in [4.69, 9.17) is 0 Å². The Bertz CT molecular complexity index is 554. The number of hydrogen-bond donors (Lipinski definition) is 2. The molecule has 1 aliphatic heterocycles. The Morgan fingerprint density at radius 1 is 1.41 bits per heavy atom. The molecule has 124 valence electrons. The lowest BCUT2D eigenvalue weighted by Crippen LogP contribution is -2.47. The molecule has 0 radical (unpaired) electrons. The monoisotopic (exact) mass is 327 g/mol. The minimum absolute atomic E-state index is 0. The third kappa shape index (κ3) is 3.52. The molecule has 1 aliphatic rings. The summed E-state index contributed by atoms with van der Waals surface area (Å²) in [4.78, 5) is 29.6. The maximum atomic E-state index is 12.8. The molecule has 6 heteroatoms. The standard InChI is InChI=1S/C16H25N3O2.ClH/c1-5-13-14(11(3)20)10(2)18-15(13)16(21)19-8-6-7-12(9-19)17-4;/h12,17-18H,5-9H2,1-4H3;1H. The number of aromatic amines is 1. The molecule has 1 unspecified atom stereocenters. The maximum Gasteiger partial charge on any atom is 0.270 e. The first-order valence-corrected chi connectivity index (χ1v) is 7.68. The van der Waals surface area contributed by atoms with Crippen molar-refractivity contribution in [3.05, 3.63) is 22.5 Å². The molecule has 1 aromatic rings. The highest BCUT2D eigenvalue weighted by molar-refractivity contribution is 6.02. The number of piperidine rings is 1. The van der Waals surface area contributed by atoms with Gasteiger partial charge in [0, 0.05) is 30.4 Å². The highest BCUT2D eigenvalue weighted by Crippen LogP contribution is 2.23. The number of halogens is 1. The Kier molecular flexibility index (Phi) is 6.63. The molecule has 0 bridgehead atoms. The van der Waals surface area contributed by atoms with Gasteiger partial charge in [0.25, 0.3) is 5.91 Å². The fourth-order valence-electron chi connectivity index (χ4n) is 3.24. The molecular weight excluding hydrogens is 302 g/mol. The number of H-pyrrole nitrogens is 1. The molecule has 0 aliphatic carbocycles. The molecule has 2 heterocycles. The van der Waals surface area contributed by atoms with Crippen LogP contribution in [0.25, 0.3) is 0 Å².